The summed E-state index contributed by atoms with van der Waals surface area (Å²) >= 11 is 5.40. The fourth-order valence-electron chi connectivity index (χ4n) is 0.909. The van der Waals surface area contributed by atoms with Gasteiger partial charge in [0, 0.05) is 19.0 Å². The Kier molecular flexibility index (Phi) is 6.22. The number of amides is 2. The summed E-state index contributed by atoms with van der Waals surface area (Å²) in [5.74, 6) is 0.207. The van der Waals surface area contributed by atoms with Crippen LogP contribution in [0.2, 0.25) is 0 Å². The van der Waals surface area contributed by atoms with Crippen LogP contribution in [0.5, 0.6) is 0 Å². The molecular formula is C7H14ClN3O2. The molecule has 6 heteroatoms. The smallest absolute Gasteiger partial charge is 0.324 e. The molecule has 0 spiro atoms. The van der Waals surface area contributed by atoms with Gasteiger partial charge in [0.1, 0.15) is 0 Å². The second-order valence-corrected chi connectivity index (χ2v) is 2.73. The number of nitrogens with zero attached hydrogens (tertiary/aromatic N) is 3. The average Bonchev–Trinajstić information content (AvgIpc) is 2.15. The Morgan fingerprint density at radius 2 is 1.92 bits per heavy atom. The van der Waals surface area contributed by atoms with Crippen molar-refractivity contribution in [1.29, 1.82) is 0 Å². The van der Waals surface area contributed by atoms with Crippen molar-refractivity contribution in [3.05, 3.63) is 4.91 Å². The second kappa shape index (κ2) is 6.65. The molecule has 0 fully saturated rings. The summed E-state index contributed by atoms with van der Waals surface area (Å²) in [6.45, 7) is 4.95. The number of halogens is 1. The first-order valence-electron chi connectivity index (χ1n) is 4.16. The third-order valence-electron chi connectivity index (χ3n) is 1.65. The molecule has 0 unspecified atom stereocenters. The number of rotatable bonds is 5. The van der Waals surface area contributed by atoms with Crippen molar-refractivity contribution in [2.75, 3.05) is 25.5 Å². The first-order chi connectivity index (χ1) is 6.21. The minimum atomic E-state index is -0.388. The summed E-state index contributed by atoms with van der Waals surface area (Å²) in [5, 5.41) is 3.44. The van der Waals surface area contributed by atoms with Crippen LogP contribution in [0.4, 0.5) is 4.79 Å². The van der Waals surface area contributed by atoms with Crippen molar-refractivity contribution in [3.63, 3.8) is 0 Å². The van der Waals surface area contributed by atoms with Crippen LogP contribution >= 0.6 is 11.6 Å². The topological polar surface area (TPSA) is 53.0 Å². The molecule has 0 aliphatic rings. The number of carbonyl (C=O) groups excluding carboxylic acids is 1. The Hall–Kier alpha value is -0.840. The van der Waals surface area contributed by atoms with Crippen molar-refractivity contribution < 1.29 is 4.79 Å². The first kappa shape index (κ1) is 12.2. The Morgan fingerprint density at radius 3 is 2.23 bits per heavy atom. The highest BCUT2D eigenvalue weighted by atomic mass is 35.5. The van der Waals surface area contributed by atoms with Crippen molar-refractivity contribution in [1.82, 2.24) is 9.91 Å². The van der Waals surface area contributed by atoms with E-state index in [1.807, 2.05) is 13.8 Å². The summed E-state index contributed by atoms with van der Waals surface area (Å²) < 4.78 is 0. The van der Waals surface area contributed by atoms with Crippen LogP contribution in [0, 0.1) is 4.91 Å². The highest BCUT2D eigenvalue weighted by Gasteiger charge is 2.18. The molecule has 0 saturated heterocycles. The molecule has 0 bridgehead atoms. The maximum atomic E-state index is 11.4. The van der Waals surface area contributed by atoms with E-state index < -0.39 is 0 Å². The largest absolute Gasteiger partial charge is 0.343 e. The highest BCUT2D eigenvalue weighted by Crippen LogP contribution is 1.99. The van der Waals surface area contributed by atoms with Crippen LogP contribution in [0.15, 0.2) is 5.29 Å². The molecule has 0 aliphatic carbocycles. The number of urea groups is 1. The van der Waals surface area contributed by atoms with Gasteiger partial charge in [-0.1, -0.05) is 0 Å². The van der Waals surface area contributed by atoms with E-state index in [-0.39, 0.29) is 18.5 Å². The quantitative estimate of drug-likeness (QED) is 0.391. The van der Waals surface area contributed by atoms with Gasteiger partial charge in [0.15, 0.2) is 0 Å². The number of nitroso groups, excluding NO2 is 1. The average molecular weight is 208 g/mol. The lowest BCUT2D eigenvalue weighted by Crippen LogP contribution is -2.40. The van der Waals surface area contributed by atoms with E-state index in [1.165, 1.54) is 4.90 Å². The molecule has 13 heavy (non-hydrogen) atoms. The molecule has 0 heterocycles. The molecule has 0 rings (SSSR count). The predicted octanol–water partition coefficient (Wildman–Crippen LogP) is 1.67. The fourth-order valence-corrected chi connectivity index (χ4v) is 1.07. The molecular weight excluding hydrogens is 194 g/mol. The minimum absolute atomic E-state index is 0.153. The van der Waals surface area contributed by atoms with Gasteiger partial charge in [0.05, 0.1) is 11.8 Å². The van der Waals surface area contributed by atoms with Gasteiger partial charge in [-0.3, -0.25) is 0 Å². The van der Waals surface area contributed by atoms with E-state index in [2.05, 4.69) is 5.29 Å². The van der Waals surface area contributed by atoms with Crippen LogP contribution in [-0.2, 0) is 0 Å². The van der Waals surface area contributed by atoms with Crippen molar-refractivity contribution in [3.8, 4) is 0 Å². The van der Waals surface area contributed by atoms with E-state index in [1.54, 1.807) is 0 Å². The summed E-state index contributed by atoms with van der Waals surface area (Å²) in [5.41, 5.74) is 0. The maximum absolute atomic E-state index is 11.4. The molecule has 2 amide bonds. The van der Waals surface area contributed by atoms with Crippen molar-refractivity contribution in [2.24, 2.45) is 5.29 Å². The molecule has 0 aliphatic heterocycles. The molecule has 0 N–H and O–H groups in total. The standard InChI is InChI=1S/C7H14ClN3O2/c1-3-10(4-2)7(12)11(9-13)6-5-8/h3-6H2,1-2H3. The Balaban J connectivity index is 4.24. The normalized spacial score (nSPS) is 9.46. The number of carbonyl (C=O) groups is 1. The molecule has 0 atom stereocenters. The molecule has 0 aromatic rings. The van der Waals surface area contributed by atoms with Crippen LogP contribution < -0.4 is 0 Å². The SMILES string of the molecule is CCN(CC)C(=O)N(CCCl)N=O. The lowest BCUT2D eigenvalue weighted by Gasteiger charge is -2.22. The zero-order valence-corrected chi connectivity index (χ0v) is 8.62. The zero-order valence-electron chi connectivity index (χ0n) is 7.86. The van der Waals surface area contributed by atoms with Gasteiger partial charge in [-0.05, 0) is 13.8 Å². The molecule has 0 radical (unpaired) electrons. The van der Waals surface area contributed by atoms with Crippen LogP contribution in [-0.4, -0.2) is 41.5 Å². The lowest BCUT2D eigenvalue weighted by atomic mass is 10.5. The maximum Gasteiger partial charge on any atom is 0.343 e. The van der Waals surface area contributed by atoms with E-state index >= 15 is 0 Å². The summed E-state index contributed by atoms with van der Waals surface area (Å²) in [6, 6.07) is -0.388. The van der Waals surface area contributed by atoms with Crippen LogP contribution in [0.3, 0.4) is 0 Å². The molecule has 5 nitrogen and oxygen atoms in total. The van der Waals surface area contributed by atoms with E-state index in [0.29, 0.717) is 13.1 Å². The predicted molar refractivity (Wildman–Crippen MR) is 51.5 cm³/mol. The van der Waals surface area contributed by atoms with Gasteiger partial charge in [-0.15, -0.1) is 16.5 Å². The van der Waals surface area contributed by atoms with Gasteiger partial charge >= 0.3 is 6.03 Å². The van der Waals surface area contributed by atoms with Crippen LogP contribution in [0.1, 0.15) is 13.8 Å². The van der Waals surface area contributed by atoms with Crippen molar-refractivity contribution >= 4 is 17.6 Å². The molecule has 0 aromatic heterocycles. The Bertz CT molecular complexity index is 173. The highest BCUT2D eigenvalue weighted by molar-refractivity contribution is 6.18. The second-order valence-electron chi connectivity index (χ2n) is 2.35. The Morgan fingerprint density at radius 1 is 1.38 bits per heavy atom. The fraction of sp³-hybridized carbons (Fsp3) is 0.857. The van der Waals surface area contributed by atoms with Gasteiger partial charge in [0.2, 0.25) is 0 Å². The summed E-state index contributed by atoms with van der Waals surface area (Å²) in [6.07, 6.45) is 0. The van der Waals surface area contributed by atoms with E-state index in [4.69, 9.17) is 11.6 Å². The third kappa shape index (κ3) is 3.59. The van der Waals surface area contributed by atoms with Gasteiger partial charge in [-0.25, -0.2) is 4.79 Å². The van der Waals surface area contributed by atoms with Gasteiger partial charge in [0.25, 0.3) is 0 Å². The molecule has 0 aromatic carbocycles. The van der Waals surface area contributed by atoms with Crippen molar-refractivity contribution in [2.45, 2.75) is 13.8 Å². The van der Waals surface area contributed by atoms with Gasteiger partial charge in [-0.2, -0.15) is 5.01 Å². The Labute approximate surface area is 82.6 Å². The number of hydrogen-bond donors (Lipinski definition) is 0. The third-order valence-corrected chi connectivity index (χ3v) is 1.82. The van der Waals surface area contributed by atoms with Crippen LogP contribution in [0.25, 0.3) is 0 Å². The molecule has 0 saturated carbocycles. The first-order valence-corrected chi connectivity index (χ1v) is 4.70. The number of hydrogen-bond acceptors (Lipinski definition) is 3. The monoisotopic (exact) mass is 207 g/mol. The summed E-state index contributed by atoms with van der Waals surface area (Å²) in [4.78, 5) is 23.2. The van der Waals surface area contributed by atoms with E-state index in [9.17, 15) is 9.70 Å². The molecule has 76 valence electrons. The van der Waals surface area contributed by atoms with Gasteiger partial charge < -0.3 is 4.90 Å². The lowest BCUT2D eigenvalue weighted by molar-refractivity contribution is 0.161. The summed E-state index contributed by atoms with van der Waals surface area (Å²) in [7, 11) is 0. The zero-order chi connectivity index (χ0) is 10.3. The number of alkyl halides is 1. The van der Waals surface area contributed by atoms with E-state index in [0.717, 1.165) is 5.01 Å². The minimum Gasteiger partial charge on any atom is -0.324 e.